The van der Waals surface area contributed by atoms with Crippen LogP contribution < -0.4 is 0 Å². The van der Waals surface area contributed by atoms with E-state index in [0.717, 1.165) is 0 Å². The maximum Gasteiger partial charge on any atom is 0.0719 e. The fourth-order valence-electron chi connectivity index (χ4n) is 7.52. The van der Waals surface area contributed by atoms with Crippen molar-refractivity contribution in [3.8, 4) is 33.4 Å². The van der Waals surface area contributed by atoms with Crippen molar-refractivity contribution in [2.75, 3.05) is 0 Å². The Labute approximate surface area is 250 Å². The van der Waals surface area contributed by atoms with Gasteiger partial charge >= 0.3 is 0 Å². The van der Waals surface area contributed by atoms with Gasteiger partial charge in [-0.1, -0.05) is 163 Å². The third-order valence-corrected chi connectivity index (χ3v) is 10.4. The van der Waals surface area contributed by atoms with Gasteiger partial charge in [-0.15, -0.1) is 0 Å². The zero-order chi connectivity index (χ0) is 27.7. The molecule has 0 amide bonds. The van der Waals surface area contributed by atoms with Gasteiger partial charge in [-0.25, -0.2) is 0 Å². The van der Waals surface area contributed by atoms with E-state index < -0.39 is 5.41 Å². The van der Waals surface area contributed by atoms with Gasteiger partial charge in [-0.3, -0.25) is 0 Å². The minimum atomic E-state index is -0.439. The van der Waals surface area contributed by atoms with Crippen molar-refractivity contribution in [3.05, 3.63) is 180 Å². The summed E-state index contributed by atoms with van der Waals surface area (Å²) in [5, 5.41) is 2.67. The van der Waals surface area contributed by atoms with Gasteiger partial charge in [0.15, 0.2) is 0 Å². The topological polar surface area (TPSA) is 0 Å². The number of rotatable bonds is 3. The lowest BCUT2D eigenvalue weighted by Gasteiger charge is -2.35. The predicted molar refractivity (Wildman–Crippen MR) is 176 cm³/mol. The highest BCUT2D eigenvalue weighted by Crippen LogP contribution is 2.60. The van der Waals surface area contributed by atoms with E-state index in [1.807, 2.05) is 11.8 Å². The van der Waals surface area contributed by atoms with Crippen molar-refractivity contribution in [1.82, 2.24) is 0 Å². The average Bonchev–Trinajstić information content (AvgIpc) is 3.37. The van der Waals surface area contributed by atoms with Crippen LogP contribution in [0, 0.1) is 0 Å². The van der Waals surface area contributed by atoms with Crippen LogP contribution in [0.25, 0.3) is 44.2 Å². The molecule has 1 heteroatoms. The molecule has 0 unspecified atom stereocenters. The summed E-state index contributed by atoms with van der Waals surface area (Å²) in [6.45, 7) is 0. The van der Waals surface area contributed by atoms with E-state index in [1.165, 1.54) is 76.2 Å². The predicted octanol–water partition coefficient (Wildman–Crippen LogP) is 11.0. The van der Waals surface area contributed by atoms with Crippen LogP contribution in [0.4, 0.5) is 0 Å². The molecule has 0 radical (unpaired) electrons. The van der Waals surface area contributed by atoms with E-state index in [2.05, 4.69) is 158 Å². The summed E-state index contributed by atoms with van der Waals surface area (Å²) in [4.78, 5) is 2.67. The summed E-state index contributed by atoms with van der Waals surface area (Å²) in [5.74, 6) is 0. The van der Waals surface area contributed by atoms with E-state index >= 15 is 0 Å². The molecule has 0 saturated carbocycles. The van der Waals surface area contributed by atoms with E-state index in [1.54, 1.807) is 0 Å². The highest BCUT2D eigenvalue weighted by molar-refractivity contribution is 8.00. The first kappa shape index (κ1) is 23.8. The van der Waals surface area contributed by atoms with Crippen LogP contribution in [0.3, 0.4) is 0 Å². The van der Waals surface area contributed by atoms with Gasteiger partial charge in [-0.05, 0) is 67.1 Å². The van der Waals surface area contributed by atoms with Gasteiger partial charge in [0.05, 0.1) is 5.41 Å². The SMILES string of the molecule is c1ccc(C2(c3ccccc3)c3ccccc3-c3cccc(-c4cccc5c4Sc4cccc6cccc-5c46)c32)cc1. The molecule has 196 valence electrons. The summed E-state index contributed by atoms with van der Waals surface area (Å²) < 4.78 is 0. The molecule has 0 bridgehead atoms. The number of benzene rings is 7. The molecule has 0 atom stereocenters. The minimum absolute atomic E-state index is 0.439. The van der Waals surface area contributed by atoms with E-state index in [4.69, 9.17) is 0 Å². The fourth-order valence-corrected chi connectivity index (χ4v) is 8.80. The third kappa shape index (κ3) is 3.15. The smallest absolute Gasteiger partial charge is 0.0719 e. The second kappa shape index (κ2) is 9.08. The quantitative estimate of drug-likeness (QED) is 0.211. The molecule has 0 spiro atoms. The highest BCUT2D eigenvalue weighted by atomic mass is 32.2. The number of hydrogen-bond donors (Lipinski definition) is 0. The summed E-state index contributed by atoms with van der Waals surface area (Å²) in [7, 11) is 0. The molecule has 9 rings (SSSR count). The van der Waals surface area contributed by atoms with Crippen LogP contribution in [0.1, 0.15) is 22.3 Å². The number of hydrogen-bond acceptors (Lipinski definition) is 1. The first-order valence-corrected chi connectivity index (χ1v) is 15.3. The first-order chi connectivity index (χ1) is 20.9. The lowest BCUT2D eigenvalue weighted by Crippen LogP contribution is -2.29. The largest absolute Gasteiger partial charge is 0.0881 e. The Kier molecular flexibility index (Phi) is 5.15. The van der Waals surface area contributed by atoms with E-state index in [0.29, 0.717) is 0 Å². The molecule has 0 saturated heterocycles. The zero-order valence-corrected chi connectivity index (χ0v) is 23.7. The third-order valence-electron chi connectivity index (χ3n) is 9.15. The molecule has 1 heterocycles. The van der Waals surface area contributed by atoms with Gasteiger partial charge < -0.3 is 0 Å². The maximum atomic E-state index is 2.35. The average molecular weight is 551 g/mol. The van der Waals surface area contributed by atoms with Crippen LogP contribution in [0.15, 0.2) is 168 Å². The standard InChI is InChI=1S/C41H26S/c1-3-15-28(16-4-1)41(29-17-5-2-6-18-29)36-25-8-7-19-30(36)32-21-11-22-33(39(32)41)35-24-12-23-34-31-20-9-13-27-14-10-26-37(38(27)31)42-40(34)35/h1-26H. The second-order valence-electron chi connectivity index (χ2n) is 11.2. The Hall–Kier alpha value is -4.85. The van der Waals surface area contributed by atoms with Gasteiger partial charge in [0.25, 0.3) is 0 Å². The van der Waals surface area contributed by atoms with E-state index in [-0.39, 0.29) is 0 Å². The molecule has 1 aliphatic heterocycles. The summed E-state index contributed by atoms with van der Waals surface area (Å²) in [5.41, 5.74) is 12.7. The molecular weight excluding hydrogens is 525 g/mol. The maximum absolute atomic E-state index is 2.35. The van der Waals surface area contributed by atoms with Crippen LogP contribution in [-0.4, -0.2) is 0 Å². The van der Waals surface area contributed by atoms with Crippen molar-refractivity contribution in [2.24, 2.45) is 0 Å². The fraction of sp³-hybridized carbons (Fsp3) is 0.0244. The van der Waals surface area contributed by atoms with Crippen LogP contribution in [0.2, 0.25) is 0 Å². The van der Waals surface area contributed by atoms with Crippen molar-refractivity contribution in [3.63, 3.8) is 0 Å². The lowest BCUT2D eigenvalue weighted by atomic mass is 9.66. The number of fused-ring (bicyclic) bond motifs is 5. The van der Waals surface area contributed by atoms with Crippen molar-refractivity contribution in [2.45, 2.75) is 15.2 Å². The molecule has 0 nitrogen and oxygen atoms in total. The molecule has 0 fully saturated rings. The zero-order valence-electron chi connectivity index (χ0n) is 22.9. The molecular formula is C41H26S. The molecule has 42 heavy (non-hydrogen) atoms. The van der Waals surface area contributed by atoms with Crippen molar-refractivity contribution < 1.29 is 0 Å². The van der Waals surface area contributed by atoms with Gasteiger partial charge in [0, 0.05) is 15.2 Å². The Balaban J connectivity index is 1.41. The summed E-state index contributed by atoms with van der Waals surface area (Å²) >= 11 is 1.92. The summed E-state index contributed by atoms with van der Waals surface area (Å²) in [6.07, 6.45) is 0. The van der Waals surface area contributed by atoms with Crippen LogP contribution in [0.5, 0.6) is 0 Å². The molecule has 1 aliphatic carbocycles. The Morgan fingerprint density at radius 2 is 0.881 bits per heavy atom. The normalized spacial score (nSPS) is 13.8. The lowest BCUT2D eigenvalue weighted by molar-refractivity contribution is 0.770. The highest BCUT2D eigenvalue weighted by Gasteiger charge is 2.47. The van der Waals surface area contributed by atoms with Crippen molar-refractivity contribution >= 4 is 22.5 Å². The molecule has 0 N–H and O–H groups in total. The second-order valence-corrected chi connectivity index (χ2v) is 12.3. The van der Waals surface area contributed by atoms with Crippen LogP contribution >= 0.6 is 11.8 Å². The Bertz CT molecular complexity index is 2110. The van der Waals surface area contributed by atoms with Crippen LogP contribution in [-0.2, 0) is 5.41 Å². The summed E-state index contributed by atoms with van der Waals surface area (Å²) in [6, 6.07) is 58.4. The van der Waals surface area contributed by atoms with Gasteiger partial charge in [-0.2, -0.15) is 0 Å². The molecule has 7 aromatic carbocycles. The Morgan fingerprint density at radius 1 is 0.381 bits per heavy atom. The van der Waals surface area contributed by atoms with Crippen molar-refractivity contribution in [1.29, 1.82) is 0 Å². The molecule has 2 aliphatic rings. The van der Waals surface area contributed by atoms with E-state index in [9.17, 15) is 0 Å². The monoisotopic (exact) mass is 550 g/mol. The Morgan fingerprint density at radius 3 is 1.60 bits per heavy atom. The first-order valence-electron chi connectivity index (χ1n) is 14.5. The van der Waals surface area contributed by atoms with Gasteiger partial charge in [0.2, 0.25) is 0 Å². The molecule has 7 aromatic rings. The van der Waals surface area contributed by atoms with Gasteiger partial charge in [0.1, 0.15) is 0 Å². The minimum Gasteiger partial charge on any atom is -0.0881 e. The molecule has 0 aromatic heterocycles.